The van der Waals surface area contributed by atoms with Crippen LogP contribution in [-0.2, 0) is 43.2 Å². The van der Waals surface area contributed by atoms with Gasteiger partial charge in [0.2, 0.25) is 5.91 Å². The van der Waals surface area contributed by atoms with Crippen LogP contribution in [0.25, 0.3) is 33.4 Å². The lowest BCUT2D eigenvalue weighted by Gasteiger charge is -2.35. The molecule has 6 bridgehead atoms. The van der Waals surface area contributed by atoms with Crippen molar-refractivity contribution in [3.05, 3.63) is 58.2 Å². The number of rotatable bonds is 7. The van der Waals surface area contributed by atoms with Crippen molar-refractivity contribution in [1.82, 2.24) is 30.3 Å². The molecule has 0 unspecified atom stereocenters. The molecule has 11 nitrogen and oxygen atoms in total. The number of aromatic nitrogens is 3. The highest BCUT2D eigenvalue weighted by molar-refractivity contribution is 7.10. The Bertz CT molecular complexity index is 2030. The van der Waals surface area contributed by atoms with Crippen molar-refractivity contribution in [2.45, 2.75) is 85.0 Å². The highest BCUT2D eigenvalue weighted by Gasteiger charge is 2.52. The van der Waals surface area contributed by atoms with Crippen LogP contribution in [0.1, 0.15) is 69.8 Å². The van der Waals surface area contributed by atoms with E-state index in [0.29, 0.717) is 37.4 Å². The number of aryl methyl sites for hydroxylation is 1. The smallest absolute Gasteiger partial charge is 0.324 e. The number of pyridine rings is 1. The summed E-state index contributed by atoms with van der Waals surface area (Å²) < 4.78 is 27.7. The number of amides is 2. The Morgan fingerprint density at radius 1 is 1.26 bits per heavy atom. The first kappa shape index (κ1) is 37.1. The molecule has 2 aliphatic heterocycles. The largest absolute Gasteiger partial charge is 0.464 e. The summed E-state index contributed by atoms with van der Waals surface area (Å²) in [5, 5.41) is 8.10. The number of ether oxygens (including phenoxy) is 2. The first-order chi connectivity index (χ1) is 25.4. The number of esters is 1. The molecule has 53 heavy (non-hydrogen) atoms. The summed E-state index contributed by atoms with van der Waals surface area (Å²) in [6.45, 7) is 10.9. The number of carbonyl (C=O) groups is 3. The molecule has 5 heterocycles. The molecule has 2 amide bonds. The van der Waals surface area contributed by atoms with Gasteiger partial charge in [0.15, 0.2) is 0 Å². The average Bonchev–Trinajstić information content (AvgIpc) is 3.44. The number of benzene rings is 1. The Morgan fingerprint density at radius 3 is 2.81 bits per heavy atom. The Morgan fingerprint density at radius 2 is 2.08 bits per heavy atom. The van der Waals surface area contributed by atoms with Crippen LogP contribution in [0.2, 0.25) is 0 Å². The minimum absolute atomic E-state index is 0.0895. The molecule has 3 aliphatic rings. The predicted molar refractivity (Wildman–Crippen MR) is 201 cm³/mol. The van der Waals surface area contributed by atoms with E-state index < -0.39 is 36.1 Å². The van der Waals surface area contributed by atoms with E-state index >= 15 is 0 Å². The molecule has 1 saturated carbocycles. The zero-order chi connectivity index (χ0) is 37.6. The minimum Gasteiger partial charge on any atom is -0.464 e. The molecule has 0 radical (unpaired) electrons. The van der Waals surface area contributed by atoms with Crippen LogP contribution in [0.5, 0.6) is 0 Å². The number of fused-ring (bicyclic) bond motifs is 6. The number of alkyl halides is 1. The Kier molecular flexibility index (Phi) is 10.4. The van der Waals surface area contributed by atoms with Crippen molar-refractivity contribution in [3.8, 4) is 22.5 Å². The molecule has 2 N–H and O–H groups in total. The number of hydrogen-bond acceptors (Lipinski definition) is 9. The van der Waals surface area contributed by atoms with E-state index in [2.05, 4.69) is 60.3 Å². The maximum absolute atomic E-state index is 14.1. The van der Waals surface area contributed by atoms with Gasteiger partial charge in [-0.15, -0.1) is 11.3 Å². The first-order valence-corrected chi connectivity index (χ1v) is 19.5. The van der Waals surface area contributed by atoms with Crippen LogP contribution in [-0.4, -0.2) is 76.3 Å². The SMILES string of the molecule is CCn1c(-c2cccnc2[C@H](C)OC)c2c3cc(ccc31)-c1csc(n1)C[C@H](NC(=O)[C@@H]1[C@@H](C)[C@H]1CF)C(=O)N1CCC[C@H](N1)C(=O)OCC(C)(C)C2. The van der Waals surface area contributed by atoms with E-state index in [1.54, 1.807) is 13.3 Å². The third kappa shape index (κ3) is 7.23. The average molecular weight is 745 g/mol. The summed E-state index contributed by atoms with van der Waals surface area (Å²) in [5.74, 6) is -2.04. The van der Waals surface area contributed by atoms with Gasteiger partial charge in [-0.05, 0) is 68.9 Å². The van der Waals surface area contributed by atoms with Crippen molar-refractivity contribution in [2.24, 2.45) is 23.2 Å². The number of nitrogens with zero attached hydrogens (tertiary/aromatic N) is 4. The lowest BCUT2D eigenvalue weighted by Crippen LogP contribution is -2.60. The van der Waals surface area contributed by atoms with Gasteiger partial charge >= 0.3 is 5.97 Å². The molecule has 7 rings (SSSR count). The van der Waals surface area contributed by atoms with Crippen molar-refractivity contribution < 1.29 is 28.2 Å². The molecule has 13 heteroatoms. The highest BCUT2D eigenvalue weighted by Crippen LogP contribution is 2.46. The zero-order valence-corrected chi connectivity index (χ0v) is 32.1. The number of methoxy groups -OCH3 is 1. The summed E-state index contributed by atoms with van der Waals surface area (Å²) >= 11 is 1.43. The molecule has 2 fully saturated rings. The van der Waals surface area contributed by atoms with Gasteiger partial charge in [0.25, 0.3) is 5.91 Å². The van der Waals surface area contributed by atoms with Crippen molar-refractivity contribution in [2.75, 3.05) is 26.9 Å². The van der Waals surface area contributed by atoms with Crippen LogP contribution in [0.15, 0.2) is 41.9 Å². The van der Waals surface area contributed by atoms with E-state index in [1.165, 1.54) is 16.3 Å². The summed E-state index contributed by atoms with van der Waals surface area (Å²) in [6.07, 6.45) is 3.41. The number of hydrazine groups is 1. The fourth-order valence-electron chi connectivity index (χ4n) is 8.05. The number of cyclic esters (lactones) is 1. The molecule has 4 aromatic rings. The molecular weight excluding hydrogens is 696 g/mol. The van der Waals surface area contributed by atoms with Crippen LogP contribution >= 0.6 is 11.3 Å². The first-order valence-electron chi connectivity index (χ1n) is 18.6. The maximum atomic E-state index is 14.1. The standard InChI is InChI=1S/C40H49FN6O5S/c1-7-46-32-13-12-24-16-26(32)27(36(46)25-10-8-14-42-35(25)23(3)51-6)18-40(4,5)21-52-39(50)29-11-9-15-47(45-29)38(49)30(17-33-43-31(24)20-53-33)44-37(48)34-22(2)28(34)19-41/h8,10,12-14,16,20,22-23,28-30,34,45H,7,9,11,15,17-19,21H2,1-6H3,(H,44,48)/t22-,23-,28+,29-,30-,34+/m0/s1. The molecule has 3 aromatic heterocycles. The molecule has 1 aliphatic carbocycles. The lowest BCUT2D eigenvalue weighted by molar-refractivity contribution is -0.155. The van der Waals surface area contributed by atoms with E-state index in [1.807, 2.05) is 25.3 Å². The van der Waals surface area contributed by atoms with E-state index in [-0.39, 0.29) is 42.8 Å². The topological polar surface area (TPSA) is 128 Å². The van der Waals surface area contributed by atoms with Gasteiger partial charge in [0.1, 0.15) is 12.1 Å². The Labute approximate surface area is 313 Å². The summed E-state index contributed by atoms with van der Waals surface area (Å²) in [6, 6.07) is 8.75. The number of thiazole rings is 1. The van der Waals surface area contributed by atoms with Gasteiger partial charge in [-0.3, -0.25) is 28.8 Å². The Balaban J connectivity index is 1.34. The summed E-state index contributed by atoms with van der Waals surface area (Å²) in [7, 11) is 1.69. The molecule has 282 valence electrons. The van der Waals surface area contributed by atoms with Gasteiger partial charge < -0.3 is 19.4 Å². The molecule has 1 aromatic carbocycles. The monoisotopic (exact) mass is 744 g/mol. The normalized spacial score (nSPS) is 25.1. The minimum atomic E-state index is -0.951. The second kappa shape index (κ2) is 14.9. The predicted octanol–water partition coefficient (Wildman–Crippen LogP) is 6.05. The fraction of sp³-hybridized carbons (Fsp3) is 0.525. The fourth-order valence-corrected chi connectivity index (χ4v) is 8.90. The number of hydrogen-bond donors (Lipinski definition) is 2. The maximum Gasteiger partial charge on any atom is 0.324 e. The van der Waals surface area contributed by atoms with Gasteiger partial charge in [-0.2, -0.15) is 0 Å². The lowest BCUT2D eigenvalue weighted by atomic mass is 9.84. The van der Waals surface area contributed by atoms with Gasteiger partial charge in [-0.1, -0.05) is 26.8 Å². The number of halogens is 1. The van der Waals surface area contributed by atoms with E-state index in [4.69, 9.17) is 19.4 Å². The van der Waals surface area contributed by atoms with Gasteiger partial charge in [0, 0.05) is 77.5 Å². The van der Waals surface area contributed by atoms with Gasteiger partial charge in [-0.25, -0.2) is 10.4 Å². The Hall–Kier alpha value is -4.20. The molecule has 0 spiro atoms. The molecule has 1 saturated heterocycles. The van der Waals surface area contributed by atoms with E-state index in [0.717, 1.165) is 44.7 Å². The van der Waals surface area contributed by atoms with Crippen LogP contribution in [0, 0.1) is 23.2 Å². The van der Waals surface area contributed by atoms with E-state index in [9.17, 15) is 18.8 Å². The number of carbonyl (C=O) groups excluding carboxylic acids is 3. The highest BCUT2D eigenvalue weighted by atomic mass is 32.1. The quantitative estimate of drug-likeness (QED) is 0.219. The van der Waals surface area contributed by atoms with Gasteiger partial charge in [0.05, 0.1) is 41.5 Å². The molecule has 6 atom stereocenters. The van der Waals surface area contributed by atoms with Crippen LogP contribution in [0.3, 0.4) is 0 Å². The summed E-state index contributed by atoms with van der Waals surface area (Å²) in [4.78, 5) is 50.8. The number of nitrogens with one attached hydrogen (secondary N) is 2. The van der Waals surface area contributed by atoms with Crippen molar-refractivity contribution in [3.63, 3.8) is 0 Å². The second-order valence-corrected chi connectivity index (χ2v) is 16.4. The van der Waals surface area contributed by atoms with Crippen molar-refractivity contribution >= 4 is 40.0 Å². The van der Waals surface area contributed by atoms with Crippen molar-refractivity contribution in [1.29, 1.82) is 0 Å². The zero-order valence-electron chi connectivity index (χ0n) is 31.3. The second-order valence-electron chi connectivity index (χ2n) is 15.5. The molecular formula is C40H49FN6O5S. The third-order valence-electron chi connectivity index (χ3n) is 11.2. The summed E-state index contributed by atoms with van der Waals surface area (Å²) in [5.41, 5.74) is 9.41. The van der Waals surface area contributed by atoms with Crippen LogP contribution < -0.4 is 10.7 Å². The third-order valence-corrected chi connectivity index (χ3v) is 12.1. The van der Waals surface area contributed by atoms with Crippen LogP contribution in [0.4, 0.5) is 4.39 Å².